The summed E-state index contributed by atoms with van der Waals surface area (Å²) in [7, 11) is 2.07. The molecule has 2 N–H and O–H groups in total. The summed E-state index contributed by atoms with van der Waals surface area (Å²) in [6, 6.07) is 0. The number of nitrogens with two attached hydrogens (primary N) is 1. The molecule has 0 aromatic carbocycles. The van der Waals surface area contributed by atoms with Gasteiger partial charge in [-0.1, -0.05) is 25.9 Å². The minimum Gasteiger partial charge on any atom is -0.367 e. The molecule has 20 heavy (non-hydrogen) atoms. The Morgan fingerprint density at radius 2 is 2.20 bits per heavy atom. The number of hydrogen-bond donors (Lipinski definition) is 1. The zero-order valence-corrected chi connectivity index (χ0v) is 12.9. The van der Waals surface area contributed by atoms with E-state index in [4.69, 9.17) is 15.0 Å². The van der Waals surface area contributed by atoms with Crippen molar-refractivity contribution in [2.45, 2.75) is 39.2 Å². The fourth-order valence-corrected chi connectivity index (χ4v) is 2.49. The number of morpholine rings is 1. The third-order valence-electron chi connectivity index (χ3n) is 3.51. The molecule has 1 aliphatic rings. The van der Waals surface area contributed by atoms with E-state index in [9.17, 15) is 0 Å². The summed E-state index contributed by atoms with van der Waals surface area (Å²) in [6.07, 6.45) is 0.829. The number of aromatic nitrogens is 2. The minimum atomic E-state index is -0.0979. The van der Waals surface area contributed by atoms with Crippen LogP contribution in [-0.4, -0.2) is 48.3 Å². The van der Waals surface area contributed by atoms with E-state index in [0.29, 0.717) is 24.9 Å². The van der Waals surface area contributed by atoms with Crippen LogP contribution in [0.2, 0.25) is 0 Å². The summed E-state index contributed by atoms with van der Waals surface area (Å²) in [5.74, 6) is 1.38. The number of nitrogens with zero attached hydrogens (tertiary/aromatic N) is 3. The van der Waals surface area contributed by atoms with Crippen molar-refractivity contribution in [1.82, 2.24) is 15.0 Å². The van der Waals surface area contributed by atoms with E-state index < -0.39 is 0 Å². The minimum absolute atomic E-state index is 0.0979. The average molecular weight is 282 g/mol. The Morgan fingerprint density at radius 3 is 2.80 bits per heavy atom. The fraction of sp³-hybridized carbons (Fsp3) is 0.857. The second-order valence-electron chi connectivity index (χ2n) is 6.81. The quantitative estimate of drug-likeness (QED) is 0.903. The van der Waals surface area contributed by atoms with Gasteiger partial charge < -0.3 is 19.9 Å². The highest BCUT2D eigenvalue weighted by Crippen LogP contribution is 2.30. The van der Waals surface area contributed by atoms with E-state index in [1.54, 1.807) is 0 Å². The molecule has 6 nitrogen and oxygen atoms in total. The van der Waals surface area contributed by atoms with Gasteiger partial charge in [-0.3, -0.25) is 0 Å². The Morgan fingerprint density at radius 1 is 1.45 bits per heavy atom. The van der Waals surface area contributed by atoms with Crippen LogP contribution in [0, 0.1) is 5.41 Å². The zero-order chi connectivity index (χ0) is 14.8. The SMILES string of the molecule is CN1CCOC(c2noc(C(CN)CC(C)(C)C)n2)C1. The molecule has 1 fully saturated rings. The number of likely N-dealkylation sites (N-methyl/N-ethyl adjacent to an activating group) is 1. The summed E-state index contributed by atoms with van der Waals surface area (Å²) < 4.78 is 11.1. The summed E-state index contributed by atoms with van der Waals surface area (Å²) in [5, 5.41) is 4.08. The van der Waals surface area contributed by atoms with Crippen molar-refractivity contribution in [2.75, 3.05) is 33.3 Å². The van der Waals surface area contributed by atoms with E-state index in [0.717, 1.165) is 19.5 Å². The first-order valence-corrected chi connectivity index (χ1v) is 7.23. The molecule has 114 valence electrons. The molecular weight excluding hydrogens is 256 g/mol. The molecule has 1 aromatic heterocycles. The second-order valence-corrected chi connectivity index (χ2v) is 6.81. The molecule has 0 spiro atoms. The van der Waals surface area contributed by atoms with Crippen LogP contribution in [0.1, 0.15) is 50.9 Å². The van der Waals surface area contributed by atoms with Crippen LogP contribution in [0.25, 0.3) is 0 Å². The van der Waals surface area contributed by atoms with Gasteiger partial charge >= 0.3 is 0 Å². The molecule has 2 heterocycles. The summed E-state index contributed by atoms with van der Waals surface area (Å²) in [4.78, 5) is 6.72. The molecule has 0 saturated carbocycles. The normalized spacial score (nSPS) is 22.9. The van der Waals surface area contributed by atoms with Gasteiger partial charge in [0.1, 0.15) is 6.10 Å². The highest BCUT2D eigenvalue weighted by Gasteiger charge is 2.28. The lowest BCUT2D eigenvalue weighted by molar-refractivity contribution is -0.0264. The van der Waals surface area contributed by atoms with Gasteiger partial charge in [0.2, 0.25) is 11.7 Å². The maximum atomic E-state index is 5.85. The van der Waals surface area contributed by atoms with Gasteiger partial charge in [0.25, 0.3) is 0 Å². The van der Waals surface area contributed by atoms with Crippen LogP contribution >= 0.6 is 0 Å². The maximum absolute atomic E-state index is 5.85. The zero-order valence-electron chi connectivity index (χ0n) is 12.9. The van der Waals surface area contributed by atoms with Crippen molar-refractivity contribution in [3.63, 3.8) is 0 Å². The van der Waals surface area contributed by atoms with Crippen molar-refractivity contribution in [1.29, 1.82) is 0 Å². The molecule has 0 bridgehead atoms. The summed E-state index contributed by atoms with van der Waals surface area (Å²) in [6.45, 7) is 9.52. The van der Waals surface area contributed by atoms with Gasteiger partial charge in [-0.2, -0.15) is 4.98 Å². The third-order valence-corrected chi connectivity index (χ3v) is 3.51. The van der Waals surface area contributed by atoms with Gasteiger partial charge in [-0.15, -0.1) is 0 Å². The van der Waals surface area contributed by atoms with Gasteiger partial charge in [0, 0.05) is 19.6 Å². The Labute approximate surface area is 120 Å². The molecule has 0 radical (unpaired) electrons. The molecule has 1 aromatic rings. The van der Waals surface area contributed by atoms with Crippen molar-refractivity contribution in [3.8, 4) is 0 Å². The molecule has 2 atom stereocenters. The molecule has 0 amide bonds. The van der Waals surface area contributed by atoms with Crippen molar-refractivity contribution in [3.05, 3.63) is 11.7 Å². The highest BCUT2D eigenvalue weighted by molar-refractivity contribution is 4.99. The smallest absolute Gasteiger partial charge is 0.231 e. The Kier molecular flexibility index (Phi) is 4.78. The highest BCUT2D eigenvalue weighted by atomic mass is 16.5. The van der Waals surface area contributed by atoms with E-state index in [-0.39, 0.29) is 17.4 Å². The summed E-state index contributed by atoms with van der Waals surface area (Å²) >= 11 is 0. The first-order chi connectivity index (χ1) is 9.39. The molecule has 0 aliphatic carbocycles. The van der Waals surface area contributed by atoms with Crippen LogP contribution in [0.5, 0.6) is 0 Å². The van der Waals surface area contributed by atoms with Gasteiger partial charge in [-0.05, 0) is 18.9 Å². The predicted molar refractivity (Wildman–Crippen MR) is 76.4 cm³/mol. The van der Waals surface area contributed by atoms with E-state index in [1.807, 2.05) is 0 Å². The molecule has 2 unspecified atom stereocenters. The van der Waals surface area contributed by atoms with Gasteiger partial charge in [-0.25, -0.2) is 0 Å². The van der Waals surface area contributed by atoms with Crippen molar-refractivity contribution >= 4 is 0 Å². The molecule has 2 rings (SSSR count). The average Bonchev–Trinajstić information content (AvgIpc) is 2.84. The van der Waals surface area contributed by atoms with Crippen molar-refractivity contribution in [2.24, 2.45) is 11.1 Å². The monoisotopic (exact) mass is 282 g/mol. The van der Waals surface area contributed by atoms with Crippen molar-refractivity contribution < 1.29 is 9.26 Å². The van der Waals surface area contributed by atoms with Crippen LogP contribution in [0.4, 0.5) is 0 Å². The van der Waals surface area contributed by atoms with Crippen LogP contribution < -0.4 is 5.73 Å². The van der Waals surface area contributed by atoms with Crippen LogP contribution in [0.3, 0.4) is 0 Å². The van der Waals surface area contributed by atoms with E-state index in [2.05, 4.69) is 42.9 Å². The van der Waals surface area contributed by atoms with E-state index in [1.165, 1.54) is 0 Å². The number of hydrogen-bond acceptors (Lipinski definition) is 6. The maximum Gasteiger partial charge on any atom is 0.231 e. The largest absolute Gasteiger partial charge is 0.367 e. The lowest BCUT2D eigenvalue weighted by Crippen LogP contribution is -2.35. The lowest BCUT2D eigenvalue weighted by atomic mass is 9.84. The number of ether oxygens (including phenoxy) is 1. The van der Waals surface area contributed by atoms with E-state index >= 15 is 0 Å². The molecule has 1 aliphatic heterocycles. The van der Waals surface area contributed by atoms with Gasteiger partial charge in [0.05, 0.1) is 12.5 Å². The Balaban J connectivity index is 2.07. The Bertz CT molecular complexity index is 427. The molecule has 1 saturated heterocycles. The topological polar surface area (TPSA) is 77.4 Å². The first-order valence-electron chi connectivity index (χ1n) is 7.23. The van der Waals surface area contributed by atoms with Crippen LogP contribution in [0.15, 0.2) is 4.52 Å². The second kappa shape index (κ2) is 6.20. The van der Waals surface area contributed by atoms with Gasteiger partial charge in [0.15, 0.2) is 0 Å². The predicted octanol–water partition coefficient (Wildman–Crippen LogP) is 1.55. The fourth-order valence-electron chi connectivity index (χ4n) is 2.49. The van der Waals surface area contributed by atoms with Crippen LogP contribution in [-0.2, 0) is 4.74 Å². The Hall–Kier alpha value is -0.980. The number of rotatable bonds is 4. The summed E-state index contributed by atoms with van der Waals surface area (Å²) in [5.41, 5.74) is 6.04. The lowest BCUT2D eigenvalue weighted by Gasteiger charge is -2.27. The molecular formula is C14H26N4O2. The molecule has 6 heteroatoms. The first kappa shape index (κ1) is 15.4. The standard InChI is InChI=1S/C14H26N4O2/c1-14(2,3)7-10(8-15)13-16-12(17-20-13)11-9-18(4)5-6-19-11/h10-11H,5-9,15H2,1-4H3. The third kappa shape index (κ3) is 4.01.